The molecule has 26 heavy (non-hydrogen) atoms. The average Bonchev–Trinajstić information content (AvgIpc) is 2.65. The van der Waals surface area contributed by atoms with Crippen molar-refractivity contribution < 1.29 is 14.3 Å². The van der Waals surface area contributed by atoms with Crippen molar-refractivity contribution in [2.45, 2.75) is 24.2 Å². The second-order valence-electron chi connectivity index (χ2n) is 6.21. The van der Waals surface area contributed by atoms with E-state index in [-0.39, 0.29) is 18.2 Å². The molecule has 1 heterocycles. The van der Waals surface area contributed by atoms with Gasteiger partial charge in [0.2, 0.25) is 11.8 Å². The molecule has 0 saturated carbocycles. The molecule has 1 aliphatic heterocycles. The highest BCUT2D eigenvalue weighted by atomic mass is 32.2. The number of anilines is 1. The van der Waals surface area contributed by atoms with Gasteiger partial charge in [0.15, 0.2) is 0 Å². The first-order chi connectivity index (χ1) is 12.6. The highest BCUT2D eigenvalue weighted by Crippen LogP contribution is 2.35. The van der Waals surface area contributed by atoms with Gasteiger partial charge < -0.3 is 15.4 Å². The van der Waals surface area contributed by atoms with E-state index in [9.17, 15) is 9.59 Å². The minimum Gasteiger partial charge on any atom is -0.497 e. The van der Waals surface area contributed by atoms with Crippen molar-refractivity contribution in [1.82, 2.24) is 5.32 Å². The number of thioether (sulfide) groups is 1. The fraction of sp³-hybridized carbons (Fsp3) is 0.300. The van der Waals surface area contributed by atoms with Crippen LogP contribution >= 0.6 is 11.8 Å². The maximum absolute atomic E-state index is 12.6. The van der Waals surface area contributed by atoms with Crippen LogP contribution in [-0.4, -0.2) is 31.2 Å². The topological polar surface area (TPSA) is 67.4 Å². The summed E-state index contributed by atoms with van der Waals surface area (Å²) in [5.74, 6) is 0.695. The molecule has 0 aromatic heterocycles. The predicted molar refractivity (Wildman–Crippen MR) is 104 cm³/mol. The second-order valence-corrected chi connectivity index (χ2v) is 7.38. The van der Waals surface area contributed by atoms with Gasteiger partial charge in [0, 0.05) is 29.3 Å². The Morgan fingerprint density at radius 3 is 2.77 bits per heavy atom. The van der Waals surface area contributed by atoms with Gasteiger partial charge in [-0.2, -0.15) is 0 Å². The molecule has 0 spiro atoms. The Hall–Kier alpha value is -2.47. The highest BCUT2D eigenvalue weighted by Gasteiger charge is 2.30. The van der Waals surface area contributed by atoms with Crippen molar-refractivity contribution in [2.75, 3.05) is 24.7 Å². The molecule has 0 bridgehead atoms. The lowest BCUT2D eigenvalue weighted by atomic mass is 9.89. The SMILES string of the molecule is COc1ccc2c(c1)C(C(=O)NCCSc1ccc(C)cc1)CC(=O)N2. The third-order valence-electron chi connectivity index (χ3n) is 4.31. The quantitative estimate of drug-likeness (QED) is 0.605. The zero-order chi connectivity index (χ0) is 18.5. The molecular weight excluding hydrogens is 348 g/mol. The molecular formula is C20H22N2O3S. The molecule has 2 aromatic rings. The summed E-state index contributed by atoms with van der Waals surface area (Å²) in [5.41, 5.74) is 2.70. The van der Waals surface area contributed by atoms with Crippen LogP contribution < -0.4 is 15.4 Å². The normalized spacial score (nSPS) is 15.8. The van der Waals surface area contributed by atoms with E-state index in [1.54, 1.807) is 31.0 Å². The Bertz CT molecular complexity index is 805. The maximum Gasteiger partial charge on any atom is 0.228 e. The fourth-order valence-electron chi connectivity index (χ4n) is 2.90. The van der Waals surface area contributed by atoms with E-state index >= 15 is 0 Å². The van der Waals surface area contributed by atoms with Crippen molar-refractivity contribution >= 4 is 29.3 Å². The summed E-state index contributed by atoms with van der Waals surface area (Å²) in [4.78, 5) is 25.7. The third kappa shape index (κ3) is 4.38. The van der Waals surface area contributed by atoms with Crippen LogP contribution in [0.5, 0.6) is 5.75 Å². The average molecular weight is 370 g/mol. The van der Waals surface area contributed by atoms with E-state index in [1.807, 2.05) is 6.07 Å². The van der Waals surface area contributed by atoms with Gasteiger partial charge >= 0.3 is 0 Å². The van der Waals surface area contributed by atoms with Crippen LogP contribution in [0.4, 0.5) is 5.69 Å². The van der Waals surface area contributed by atoms with Gasteiger partial charge in [0.1, 0.15) is 5.75 Å². The molecule has 2 aromatic carbocycles. The van der Waals surface area contributed by atoms with E-state index < -0.39 is 5.92 Å². The van der Waals surface area contributed by atoms with Gasteiger partial charge in [-0.15, -0.1) is 11.8 Å². The number of hydrogen-bond acceptors (Lipinski definition) is 4. The lowest BCUT2D eigenvalue weighted by molar-refractivity contribution is -0.126. The van der Waals surface area contributed by atoms with Gasteiger partial charge in [-0.3, -0.25) is 9.59 Å². The molecule has 3 rings (SSSR count). The Kier molecular flexibility index (Phi) is 5.83. The van der Waals surface area contributed by atoms with Crippen LogP contribution in [-0.2, 0) is 9.59 Å². The second kappa shape index (κ2) is 8.27. The minimum atomic E-state index is -0.488. The standard InChI is InChI=1S/C20H22N2O3S/c1-13-3-6-15(7-4-13)26-10-9-21-20(24)17-12-19(23)22-18-8-5-14(25-2)11-16(17)18/h3-8,11,17H,9-10,12H2,1-2H3,(H,21,24)(H,22,23). The van der Waals surface area contributed by atoms with Gasteiger partial charge in [-0.1, -0.05) is 17.7 Å². The molecule has 2 N–H and O–H groups in total. The van der Waals surface area contributed by atoms with E-state index in [0.29, 0.717) is 18.0 Å². The Labute approximate surface area is 157 Å². The van der Waals surface area contributed by atoms with Gasteiger partial charge in [-0.25, -0.2) is 0 Å². The first kappa shape index (κ1) is 18.3. The summed E-state index contributed by atoms with van der Waals surface area (Å²) < 4.78 is 5.24. The van der Waals surface area contributed by atoms with E-state index in [4.69, 9.17) is 4.74 Å². The molecule has 0 saturated heterocycles. The third-order valence-corrected chi connectivity index (χ3v) is 5.32. The number of aryl methyl sites for hydroxylation is 1. The zero-order valence-electron chi connectivity index (χ0n) is 14.9. The summed E-state index contributed by atoms with van der Waals surface area (Å²) in [7, 11) is 1.58. The van der Waals surface area contributed by atoms with Crippen LogP contribution in [0.1, 0.15) is 23.5 Å². The minimum absolute atomic E-state index is 0.126. The molecule has 0 aliphatic carbocycles. The summed E-state index contributed by atoms with van der Waals surface area (Å²) in [5, 5.41) is 5.76. The largest absolute Gasteiger partial charge is 0.497 e. The van der Waals surface area contributed by atoms with Crippen LogP contribution in [0, 0.1) is 6.92 Å². The van der Waals surface area contributed by atoms with Crippen LogP contribution in [0.2, 0.25) is 0 Å². The van der Waals surface area contributed by atoms with E-state index in [1.165, 1.54) is 10.5 Å². The first-order valence-corrected chi connectivity index (χ1v) is 9.50. The molecule has 0 radical (unpaired) electrons. The summed E-state index contributed by atoms with van der Waals surface area (Å²) >= 11 is 1.70. The summed E-state index contributed by atoms with van der Waals surface area (Å²) in [6.45, 7) is 2.61. The maximum atomic E-state index is 12.6. The Balaban J connectivity index is 1.59. The van der Waals surface area contributed by atoms with Gasteiger partial charge in [-0.05, 0) is 42.8 Å². The lowest BCUT2D eigenvalue weighted by Crippen LogP contribution is -2.36. The van der Waals surface area contributed by atoms with E-state index in [0.717, 1.165) is 11.3 Å². The lowest BCUT2D eigenvalue weighted by Gasteiger charge is -2.25. The molecule has 2 amide bonds. The monoisotopic (exact) mass is 370 g/mol. The Morgan fingerprint density at radius 1 is 1.27 bits per heavy atom. The molecule has 136 valence electrons. The Morgan fingerprint density at radius 2 is 2.04 bits per heavy atom. The van der Waals surface area contributed by atoms with Gasteiger partial charge in [0.25, 0.3) is 0 Å². The van der Waals surface area contributed by atoms with Gasteiger partial charge in [0.05, 0.1) is 13.0 Å². The van der Waals surface area contributed by atoms with E-state index in [2.05, 4.69) is 41.8 Å². The van der Waals surface area contributed by atoms with Crippen molar-refractivity contribution in [1.29, 1.82) is 0 Å². The van der Waals surface area contributed by atoms with Crippen LogP contribution in [0.15, 0.2) is 47.4 Å². The van der Waals surface area contributed by atoms with Crippen LogP contribution in [0.3, 0.4) is 0 Å². The number of methoxy groups -OCH3 is 1. The first-order valence-electron chi connectivity index (χ1n) is 8.52. The number of hydrogen-bond donors (Lipinski definition) is 2. The number of carbonyl (C=O) groups excluding carboxylic acids is 2. The summed E-state index contributed by atoms with van der Waals surface area (Å²) in [6, 6.07) is 13.7. The molecule has 1 aliphatic rings. The number of carbonyl (C=O) groups is 2. The number of ether oxygens (including phenoxy) is 1. The number of fused-ring (bicyclic) bond motifs is 1. The summed E-state index contributed by atoms with van der Waals surface area (Å²) in [6.07, 6.45) is 0.150. The fourth-order valence-corrected chi connectivity index (χ4v) is 3.67. The number of amides is 2. The zero-order valence-corrected chi connectivity index (χ0v) is 15.7. The van der Waals surface area contributed by atoms with Crippen molar-refractivity contribution in [2.24, 2.45) is 0 Å². The van der Waals surface area contributed by atoms with Crippen molar-refractivity contribution in [3.8, 4) is 5.75 Å². The molecule has 0 fully saturated rings. The molecule has 1 unspecified atom stereocenters. The van der Waals surface area contributed by atoms with Crippen LogP contribution in [0.25, 0.3) is 0 Å². The number of nitrogens with one attached hydrogen (secondary N) is 2. The highest BCUT2D eigenvalue weighted by molar-refractivity contribution is 7.99. The number of rotatable bonds is 6. The number of benzene rings is 2. The molecule has 6 heteroatoms. The molecule has 1 atom stereocenters. The van der Waals surface area contributed by atoms with Crippen molar-refractivity contribution in [3.05, 3.63) is 53.6 Å². The molecule has 5 nitrogen and oxygen atoms in total. The predicted octanol–water partition coefficient (Wildman–Crippen LogP) is 3.34. The van der Waals surface area contributed by atoms with Crippen molar-refractivity contribution in [3.63, 3.8) is 0 Å². The smallest absolute Gasteiger partial charge is 0.228 e.